The van der Waals surface area contributed by atoms with Gasteiger partial charge in [0.25, 0.3) is 0 Å². The number of rotatable bonds is 4. The normalized spacial score (nSPS) is 13.6. The maximum atomic E-state index is 11.8. The van der Waals surface area contributed by atoms with Crippen molar-refractivity contribution in [1.29, 1.82) is 0 Å². The molecule has 0 unspecified atom stereocenters. The summed E-state index contributed by atoms with van der Waals surface area (Å²) in [7, 11) is 0. The van der Waals surface area contributed by atoms with E-state index in [1.54, 1.807) is 0 Å². The Balaban J connectivity index is 2.09. The zero-order valence-corrected chi connectivity index (χ0v) is 9.58. The van der Waals surface area contributed by atoms with Gasteiger partial charge in [-0.05, 0) is 43.4 Å². The summed E-state index contributed by atoms with van der Waals surface area (Å²) in [5.74, 6) is 0.166. The molecule has 0 aromatic heterocycles. The number of fused-ring (bicyclic) bond motifs is 1. The Bertz CT molecular complexity index is 432. The summed E-state index contributed by atoms with van der Waals surface area (Å²) >= 11 is 0. The van der Waals surface area contributed by atoms with Crippen molar-refractivity contribution in [2.75, 3.05) is 0 Å². The molecule has 0 fully saturated rings. The van der Waals surface area contributed by atoms with Crippen LogP contribution < -0.4 is 0 Å². The van der Waals surface area contributed by atoms with E-state index in [1.807, 2.05) is 12.1 Å². The van der Waals surface area contributed by atoms with Gasteiger partial charge < -0.3 is 4.79 Å². The van der Waals surface area contributed by atoms with Crippen LogP contribution in [0.25, 0.3) is 0 Å². The van der Waals surface area contributed by atoms with E-state index in [1.165, 1.54) is 24.5 Å². The zero-order chi connectivity index (χ0) is 11.5. The number of benzene rings is 1. The summed E-state index contributed by atoms with van der Waals surface area (Å²) in [5.41, 5.74) is 3.46. The summed E-state index contributed by atoms with van der Waals surface area (Å²) in [5, 5.41) is 0. The van der Waals surface area contributed by atoms with Crippen molar-refractivity contribution in [2.45, 2.75) is 39.0 Å². The summed E-state index contributed by atoms with van der Waals surface area (Å²) in [4.78, 5) is 22.6. The second-order valence-corrected chi connectivity index (χ2v) is 4.46. The lowest BCUT2D eigenvalue weighted by atomic mass is 10.0. The highest BCUT2D eigenvalue weighted by atomic mass is 16.1. The van der Waals surface area contributed by atoms with Crippen molar-refractivity contribution in [3.8, 4) is 0 Å². The molecular weight excluding hydrogens is 200 g/mol. The number of Topliss-reactive ketones (excluding diaryl/α,β-unsaturated/α-hetero) is 2. The standard InChI is InChI=1S/C14H16O2/c1-10(15)5-8-14(16)13-7-6-11-3-2-4-12(11)9-13/h6-7,9H,2-5,8H2,1H3. The van der Waals surface area contributed by atoms with Gasteiger partial charge in [-0.3, -0.25) is 4.79 Å². The summed E-state index contributed by atoms with van der Waals surface area (Å²) in [6.07, 6.45) is 4.12. The van der Waals surface area contributed by atoms with Crippen molar-refractivity contribution in [2.24, 2.45) is 0 Å². The second-order valence-electron chi connectivity index (χ2n) is 4.46. The van der Waals surface area contributed by atoms with E-state index in [2.05, 4.69) is 6.07 Å². The Kier molecular flexibility index (Phi) is 3.18. The Morgan fingerprint density at radius 3 is 2.62 bits per heavy atom. The minimum atomic E-state index is 0.0783. The SMILES string of the molecule is CC(=O)CCC(=O)c1ccc2c(c1)CCC2. The van der Waals surface area contributed by atoms with Crippen LogP contribution in [0.2, 0.25) is 0 Å². The number of hydrogen-bond acceptors (Lipinski definition) is 2. The van der Waals surface area contributed by atoms with Gasteiger partial charge in [0, 0.05) is 18.4 Å². The number of hydrogen-bond donors (Lipinski definition) is 0. The molecule has 0 atom stereocenters. The van der Waals surface area contributed by atoms with Crippen molar-refractivity contribution in [3.63, 3.8) is 0 Å². The van der Waals surface area contributed by atoms with Crippen LogP contribution in [0, 0.1) is 0 Å². The average molecular weight is 216 g/mol. The first-order valence-electron chi connectivity index (χ1n) is 5.81. The van der Waals surface area contributed by atoms with Crippen LogP contribution in [0.4, 0.5) is 0 Å². The van der Waals surface area contributed by atoms with E-state index < -0.39 is 0 Å². The third-order valence-electron chi connectivity index (χ3n) is 3.12. The molecule has 1 aliphatic rings. The molecule has 2 heteroatoms. The molecule has 1 aliphatic carbocycles. The molecule has 16 heavy (non-hydrogen) atoms. The van der Waals surface area contributed by atoms with Crippen LogP contribution >= 0.6 is 0 Å². The van der Waals surface area contributed by atoms with Crippen LogP contribution in [0.3, 0.4) is 0 Å². The maximum absolute atomic E-state index is 11.8. The molecule has 0 spiro atoms. The van der Waals surface area contributed by atoms with E-state index in [9.17, 15) is 9.59 Å². The second kappa shape index (κ2) is 4.60. The smallest absolute Gasteiger partial charge is 0.163 e. The fourth-order valence-corrected chi connectivity index (χ4v) is 2.18. The molecular formula is C14H16O2. The quantitative estimate of drug-likeness (QED) is 0.725. The molecule has 2 rings (SSSR count). The molecule has 0 saturated carbocycles. The summed E-state index contributed by atoms with van der Waals surface area (Å²) < 4.78 is 0. The summed E-state index contributed by atoms with van der Waals surface area (Å²) in [6, 6.07) is 5.96. The Morgan fingerprint density at radius 1 is 1.12 bits per heavy atom. The molecule has 0 heterocycles. The maximum Gasteiger partial charge on any atom is 0.163 e. The predicted octanol–water partition coefficient (Wildman–Crippen LogP) is 2.73. The van der Waals surface area contributed by atoms with Crippen LogP contribution in [-0.4, -0.2) is 11.6 Å². The third-order valence-corrected chi connectivity index (χ3v) is 3.12. The first-order valence-corrected chi connectivity index (χ1v) is 5.81. The topological polar surface area (TPSA) is 34.1 Å². The first kappa shape index (κ1) is 11.1. The van der Waals surface area contributed by atoms with E-state index in [4.69, 9.17) is 0 Å². The Hall–Kier alpha value is -1.44. The van der Waals surface area contributed by atoms with Gasteiger partial charge in [0.1, 0.15) is 5.78 Å². The highest BCUT2D eigenvalue weighted by Gasteiger charge is 2.13. The van der Waals surface area contributed by atoms with Gasteiger partial charge in [0.2, 0.25) is 0 Å². The number of carbonyl (C=O) groups excluding carboxylic acids is 2. The molecule has 1 aromatic rings. The van der Waals surface area contributed by atoms with Crippen molar-refractivity contribution < 1.29 is 9.59 Å². The molecule has 0 amide bonds. The fraction of sp³-hybridized carbons (Fsp3) is 0.429. The largest absolute Gasteiger partial charge is 0.300 e. The average Bonchev–Trinajstić information content (AvgIpc) is 2.72. The molecule has 2 nitrogen and oxygen atoms in total. The zero-order valence-electron chi connectivity index (χ0n) is 9.58. The lowest BCUT2D eigenvalue weighted by Gasteiger charge is -2.03. The van der Waals surface area contributed by atoms with E-state index >= 15 is 0 Å². The molecule has 0 radical (unpaired) electrons. The predicted molar refractivity (Wildman–Crippen MR) is 62.7 cm³/mol. The Labute approximate surface area is 95.7 Å². The molecule has 0 N–H and O–H groups in total. The molecule has 1 aromatic carbocycles. The first-order chi connectivity index (χ1) is 7.66. The summed E-state index contributed by atoms with van der Waals surface area (Å²) in [6.45, 7) is 1.52. The molecule has 0 bridgehead atoms. The van der Waals surface area contributed by atoms with Crippen LogP contribution in [0.15, 0.2) is 18.2 Å². The van der Waals surface area contributed by atoms with Gasteiger partial charge in [-0.1, -0.05) is 12.1 Å². The van der Waals surface area contributed by atoms with Crippen molar-refractivity contribution in [1.82, 2.24) is 0 Å². The fourth-order valence-electron chi connectivity index (χ4n) is 2.18. The number of ketones is 2. The van der Waals surface area contributed by atoms with Gasteiger partial charge in [-0.25, -0.2) is 0 Å². The minimum absolute atomic E-state index is 0.0783. The lowest BCUT2D eigenvalue weighted by Crippen LogP contribution is -2.03. The van der Waals surface area contributed by atoms with Crippen LogP contribution in [0.1, 0.15) is 47.7 Å². The lowest BCUT2D eigenvalue weighted by molar-refractivity contribution is -0.116. The molecule has 0 saturated heterocycles. The van der Waals surface area contributed by atoms with E-state index in [0.29, 0.717) is 12.8 Å². The minimum Gasteiger partial charge on any atom is -0.300 e. The van der Waals surface area contributed by atoms with Gasteiger partial charge in [-0.2, -0.15) is 0 Å². The van der Waals surface area contributed by atoms with Crippen molar-refractivity contribution in [3.05, 3.63) is 34.9 Å². The van der Waals surface area contributed by atoms with Crippen LogP contribution in [-0.2, 0) is 17.6 Å². The Morgan fingerprint density at radius 2 is 1.88 bits per heavy atom. The highest BCUT2D eigenvalue weighted by Crippen LogP contribution is 2.23. The van der Waals surface area contributed by atoms with Crippen molar-refractivity contribution >= 4 is 11.6 Å². The molecule has 84 valence electrons. The number of aryl methyl sites for hydroxylation is 2. The third kappa shape index (κ3) is 2.38. The van der Waals surface area contributed by atoms with Crippen LogP contribution in [0.5, 0.6) is 0 Å². The van der Waals surface area contributed by atoms with Gasteiger partial charge in [-0.15, -0.1) is 0 Å². The highest BCUT2D eigenvalue weighted by molar-refractivity contribution is 5.98. The monoisotopic (exact) mass is 216 g/mol. The molecule has 0 aliphatic heterocycles. The van der Waals surface area contributed by atoms with E-state index in [-0.39, 0.29) is 11.6 Å². The van der Waals surface area contributed by atoms with E-state index in [0.717, 1.165) is 18.4 Å². The number of carbonyl (C=O) groups is 2. The van der Waals surface area contributed by atoms with Gasteiger partial charge in [0.15, 0.2) is 5.78 Å². The van der Waals surface area contributed by atoms with Gasteiger partial charge in [0.05, 0.1) is 0 Å². The van der Waals surface area contributed by atoms with Gasteiger partial charge >= 0.3 is 0 Å².